The average molecular weight is 248 g/mol. The van der Waals surface area contributed by atoms with Crippen LogP contribution in [0.4, 0.5) is 5.69 Å². The maximum atomic E-state index is 9.87. The third-order valence-corrected chi connectivity index (χ3v) is 3.78. The molecular weight excluding hydrogens is 224 g/mol. The molecule has 3 heteroatoms. The molecule has 1 heterocycles. The molecule has 1 aromatic rings. The maximum Gasteiger partial charge on any atom is 0.0557 e. The number of nitrogens with one attached hydrogen (secondary N) is 1. The summed E-state index contributed by atoms with van der Waals surface area (Å²) in [5.41, 5.74) is 1.26. The summed E-state index contributed by atoms with van der Waals surface area (Å²) in [6.45, 7) is 7.01. The molecule has 0 spiro atoms. The molecule has 1 aromatic carbocycles. The van der Waals surface area contributed by atoms with E-state index >= 15 is 0 Å². The number of para-hydroxylation sites is 1. The molecule has 2 N–H and O–H groups in total. The Morgan fingerprint density at radius 1 is 1.33 bits per heavy atom. The lowest BCUT2D eigenvalue weighted by atomic mass is 9.90. The van der Waals surface area contributed by atoms with Gasteiger partial charge >= 0.3 is 0 Å². The number of hydrogen-bond donors (Lipinski definition) is 2. The van der Waals surface area contributed by atoms with Crippen LogP contribution in [-0.2, 0) is 0 Å². The molecule has 0 aromatic heterocycles. The van der Waals surface area contributed by atoms with Crippen molar-refractivity contribution in [1.29, 1.82) is 0 Å². The number of anilines is 1. The number of likely N-dealkylation sites (N-methyl/N-ethyl adjacent to an activating group) is 1. The van der Waals surface area contributed by atoms with Gasteiger partial charge in [-0.3, -0.25) is 0 Å². The number of benzene rings is 1. The van der Waals surface area contributed by atoms with Crippen molar-refractivity contribution in [2.45, 2.75) is 32.4 Å². The van der Waals surface area contributed by atoms with Crippen LogP contribution in [0.15, 0.2) is 30.3 Å². The molecule has 2 rings (SSSR count). The second-order valence-electron chi connectivity index (χ2n) is 5.23. The van der Waals surface area contributed by atoms with Crippen LogP contribution in [0.1, 0.15) is 20.3 Å². The highest BCUT2D eigenvalue weighted by atomic mass is 16.3. The zero-order valence-electron chi connectivity index (χ0n) is 11.3. The number of hydrogen-bond acceptors (Lipinski definition) is 3. The Balaban J connectivity index is 2.10. The fraction of sp³-hybridized carbons (Fsp3) is 0.600. The summed E-state index contributed by atoms with van der Waals surface area (Å²) in [5, 5.41) is 13.4. The normalized spacial score (nSPS) is 26.1. The van der Waals surface area contributed by atoms with Crippen LogP contribution in [0.5, 0.6) is 0 Å². The molecule has 18 heavy (non-hydrogen) atoms. The quantitative estimate of drug-likeness (QED) is 0.854. The molecule has 0 radical (unpaired) electrons. The van der Waals surface area contributed by atoms with Crippen LogP contribution >= 0.6 is 0 Å². The summed E-state index contributed by atoms with van der Waals surface area (Å²) in [6.07, 6.45) is 0.826. The van der Waals surface area contributed by atoms with Crippen molar-refractivity contribution in [1.82, 2.24) is 5.32 Å². The fourth-order valence-corrected chi connectivity index (χ4v) is 2.77. The fourth-order valence-electron chi connectivity index (χ4n) is 2.77. The molecular formula is C15H24N2O. The van der Waals surface area contributed by atoms with E-state index in [1.165, 1.54) is 5.69 Å². The zero-order valence-corrected chi connectivity index (χ0v) is 11.3. The molecule has 1 saturated heterocycles. The van der Waals surface area contributed by atoms with Crippen molar-refractivity contribution < 1.29 is 5.11 Å². The van der Waals surface area contributed by atoms with Gasteiger partial charge in [0.25, 0.3) is 0 Å². The molecule has 3 nitrogen and oxygen atoms in total. The molecule has 3 atom stereocenters. The molecule has 3 unspecified atom stereocenters. The first kappa shape index (κ1) is 13.4. The van der Waals surface area contributed by atoms with E-state index in [0.717, 1.165) is 26.1 Å². The van der Waals surface area contributed by atoms with Crippen LogP contribution < -0.4 is 10.2 Å². The first-order valence-electron chi connectivity index (χ1n) is 6.92. The lowest BCUT2D eigenvalue weighted by molar-refractivity contribution is 0.106. The van der Waals surface area contributed by atoms with Crippen molar-refractivity contribution in [2.24, 2.45) is 5.92 Å². The molecule has 100 valence electrons. The van der Waals surface area contributed by atoms with Gasteiger partial charge in [-0.1, -0.05) is 25.1 Å². The largest absolute Gasteiger partial charge is 0.393 e. The topological polar surface area (TPSA) is 35.5 Å². The lowest BCUT2D eigenvalue weighted by Gasteiger charge is -2.40. The third-order valence-electron chi connectivity index (χ3n) is 3.78. The van der Waals surface area contributed by atoms with Gasteiger partial charge in [0.05, 0.1) is 6.10 Å². The summed E-state index contributed by atoms with van der Waals surface area (Å²) in [6, 6.07) is 11.0. The number of aliphatic hydroxyl groups excluding tert-OH is 1. The van der Waals surface area contributed by atoms with Gasteiger partial charge in [0.15, 0.2) is 0 Å². The van der Waals surface area contributed by atoms with Crippen LogP contribution in [0.3, 0.4) is 0 Å². The average Bonchev–Trinajstić information content (AvgIpc) is 2.40. The monoisotopic (exact) mass is 248 g/mol. The number of piperidine rings is 1. The Labute approximate surface area is 110 Å². The van der Waals surface area contributed by atoms with E-state index in [1.54, 1.807) is 0 Å². The van der Waals surface area contributed by atoms with Gasteiger partial charge in [0, 0.05) is 30.7 Å². The second-order valence-corrected chi connectivity index (χ2v) is 5.23. The van der Waals surface area contributed by atoms with E-state index < -0.39 is 0 Å². The SMILES string of the molecule is CCNC1CC(C(C)O)CN(c2ccccc2)C1. The predicted molar refractivity (Wildman–Crippen MR) is 75.9 cm³/mol. The van der Waals surface area contributed by atoms with E-state index in [-0.39, 0.29) is 6.10 Å². The first-order chi connectivity index (χ1) is 8.70. The predicted octanol–water partition coefficient (Wildman–Crippen LogP) is 1.87. The summed E-state index contributed by atoms with van der Waals surface area (Å²) >= 11 is 0. The van der Waals surface area contributed by atoms with E-state index in [0.29, 0.717) is 12.0 Å². The zero-order chi connectivity index (χ0) is 13.0. The Morgan fingerprint density at radius 3 is 2.67 bits per heavy atom. The van der Waals surface area contributed by atoms with Crippen molar-refractivity contribution in [3.05, 3.63) is 30.3 Å². The molecule has 0 amide bonds. The highest BCUT2D eigenvalue weighted by Gasteiger charge is 2.29. The molecule has 1 aliphatic heterocycles. The first-order valence-corrected chi connectivity index (χ1v) is 6.92. The summed E-state index contributed by atoms with van der Waals surface area (Å²) in [5.74, 6) is 0.350. The van der Waals surface area contributed by atoms with Gasteiger partial charge in [-0.2, -0.15) is 0 Å². The van der Waals surface area contributed by atoms with Crippen molar-refractivity contribution in [2.75, 3.05) is 24.5 Å². The Kier molecular flexibility index (Phi) is 4.61. The summed E-state index contributed by atoms with van der Waals surface area (Å²) in [7, 11) is 0. The Bertz CT molecular complexity index is 353. The highest BCUT2D eigenvalue weighted by molar-refractivity contribution is 5.46. The number of aliphatic hydroxyl groups is 1. The van der Waals surface area contributed by atoms with Gasteiger partial charge < -0.3 is 15.3 Å². The highest BCUT2D eigenvalue weighted by Crippen LogP contribution is 2.25. The van der Waals surface area contributed by atoms with E-state index in [9.17, 15) is 5.11 Å². The van der Waals surface area contributed by atoms with E-state index in [4.69, 9.17) is 0 Å². The minimum absolute atomic E-state index is 0.238. The van der Waals surface area contributed by atoms with Crippen molar-refractivity contribution in [3.63, 3.8) is 0 Å². The van der Waals surface area contributed by atoms with E-state index in [2.05, 4.69) is 41.4 Å². The molecule has 1 aliphatic rings. The van der Waals surface area contributed by atoms with Crippen LogP contribution in [0, 0.1) is 5.92 Å². The van der Waals surface area contributed by atoms with Gasteiger partial charge in [0.2, 0.25) is 0 Å². The van der Waals surface area contributed by atoms with Gasteiger partial charge in [0.1, 0.15) is 0 Å². The van der Waals surface area contributed by atoms with Crippen LogP contribution in [0.25, 0.3) is 0 Å². The third kappa shape index (κ3) is 3.24. The lowest BCUT2D eigenvalue weighted by Crippen LogP contribution is -2.51. The van der Waals surface area contributed by atoms with Crippen LogP contribution in [-0.4, -0.2) is 36.9 Å². The summed E-state index contributed by atoms with van der Waals surface area (Å²) < 4.78 is 0. The Hall–Kier alpha value is -1.06. The van der Waals surface area contributed by atoms with Gasteiger partial charge in [-0.05, 0) is 32.0 Å². The minimum Gasteiger partial charge on any atom is -0.393 e. The smallest absolute Gasteiger partial charge is 0.0557 e. The van der Waals surface area contributed by atoms with Crippen molar-refractivity contribution >= 4 is 5.69 Å². The molecule has 0 saturated carbocycles. The molecule has 0 bridgehead atoms. The molecule has 1 fully saturated rings. The minimum atomic E-state index is -0.238. The summed E-state index contributed by atoms with van der Waals surface area (Å²) in [4.78, 5) is 2.38. The van der Waals surface area contributed by atoms with Crippen LogP contribution in [0.2, 0.25) is 0 Å². The van der Waals surface area contributed by atoms with Gasteiger partial charge in [-0.25, -0.2) is 0 Å². The number of rotatable bonds is 4. The second kappa shape index (κ2) is 6.21. The van der Waals surface area contributed by atoms with Gasteiger partial charge in [-0.15, -0.1) is 0 Å². The number of nitrogens with zero attached hydrogens (tertiary/aromatic N) is 1. The molecule has 0 aliphatic carbocycles. The maximum absolute atomic E-state index is 9.87. The van der Waals surface area contributed by atoms with E-state index in [1.807, 2.05) is 13.0 Å². The Morgan fingerprint density at radius 2 is 2.06 bits per heavy atom. The standard InChI is InChI=1S/C15H24N2O/c1-3-16-14-9-13(12(2)18)10-17(11-14)15-7-5-4-6-8-15/h4-8,12-14,16,18H,3,9-11H2,1-2H3. The van der Waals surface area contributed by atoms with Crippen molar-refractivity contribution in [3.8, 4) is 0 Å².